The number of nitrogens with one attached hydrogen (secondary N) is 2. The minimum Gasteiger partial charge on any atom is -0.271 e. The van der Waals surface area contributed by atoms with Crippen LogP contribution < -0.4 is 4.72 Å². The van der Waals surface area contributed by atoms with Crippen LogP contribution in [0, 0.1) is 6.92 Å². The lowest BCUT2D eigenvalue weighted by atomic mass is 10.1. The van der Waals surface area contributed by atoms with Gasteiger partial charge in [0.2, 0.25) is 0 Å². The first kappa shape index (κ1) is 18.2. The first-order chi connectivity index (χ1) is 11.0. The van der Waals surface area contributed by atoms with Gasteiger partial charge in [0.05, 0.1) is 11.3 Å². The van der Waals surface area contributed by atoms with Gasteiger partial charge in [-0.3, -0.25) is 9.82 Å². The summed E-state index contributed by atoms with van der Waals surface area (Å²) in [6, 6.07) is 2.84. The first-order valence-electron chi connectivity index (χ1n) is 6.88. The van der Waals surface area contributed by atoms with Gasteiger partial charge in [-0.25, -0.2) is 4.98 Å². The Morgan fingerprint density at radius 1 is 1.29 bits per heavy atom. The molecule has 0 amide bonds. The third-order valence-electron chi connectivity index (χ3n) is 3.22. The molecule has 1 heterocycles. The fourth-order valence-corrected chi connectivity index (χ4v) is 2.76. The zero-order chi connectivity index (χ0) is 18.1. The molecule has 11 heteroatoms. The molecule has 0 unspecified atom stereocenters. The number of hydrogen-bond donors (Lipinski definition) is 2. The van der Waals surface area contributed by atoms with E-state index in [4.69, 9.17) is 0 Å². The van der Waals surface area contributed by atoms with Gasteiger partial charge in [-0.2, -0.15) is 31.0 Å². The molecule has 2 N–H and O–H groups in total. The maximum absolute atomic E-state index is 13.1. The number of aromatic amines is 1. The molecule has 0 aliphatic heterocycles. The Balaban J connectivity index is 2.52. The van der Waals surface area contributed by atoms with Gasteiger partial charge in [0.15, 0.2) is 5.82 Å². The summed E-state index contributed by atoms with van der Waals surface area (Å²) in [5.41, 5.74) is -1.17. The Bertz CT molecular complexity index is 832. The summed E-state index contributed by atoms with van der Waals surface area (Å²) < 4.78 is 66.5. The van der Waals surface area contributed by atoms with Gasteiger partial charge < -0.3 is 0 Å². The molecule has 1 aromatic carbocycles. The molecule has 0 radical (unpaired) electrons. The number of aromatic nitrogens is 3. The molecular weight excluding hydrogens is 347 g/mol. The molecule has 24 heavy (non-hydrogen) atoms. The standard InChI is InChI=1S/C13H16F3N5O2S/c1-4-21(3)24(22,23)20-11-6-9(12-17-8(2)18-19-12)5-10(7-11)13(14,15)16/h5-7,20H,4H2,1-3H3,(H,17,18,19). The number of H-pyrrole nitrogens is 1. The maximum atomic E-state index is 13.1. The number of halogens is 3. The van der Waals surface area contributed by atoms with Gasteiger partial charge in [0, 0.05) is 19.2 Å². The molecular formula is C13H16F3N5O2S. The summed E-state index contributed by atoms with van der Waals surface area (Å²) in [5.74, 6) is 0.471. The van der Waals surface area contributed by atoms with Crippen molar-refractivity contribution in [3.8, 4) is 11.4 Å². The summed E-state index contributed by atoms with van der Waals surface area (Å²) in [6.45, 7) is 3.37. The van der Waals surface area contributed by atoms with Crippen molar-refractivity contribution in [1.82, 2.24) is 19.5 Å². The van der Waals surface area contributed by atoms with Crippen LogP contribution in [0.3, 0.4) is 0 Å². The zero-order valence-corrected chi connectivity index (χ0v) is 14.0. The molecule has 7 nitrogen and oxygen atoms in total. The van der Waals surface area contributed by atoms with Crippen molar-refractivity contribution in [3.63, 3.8) is 0 Å². The second-order valence-electron chi connectivity index (χ2n) is 5.06. The molecule has 1 aromatic heterocycles. The molecule has 0 aliphatic carbocycles. The van der Waals surface area contributed by atoms with E-state index in [0.29, 0.717) is 5.82 Å². The van der Waals surface area contributed by atoms with E-state index < -0.39 is 21.9 Å². The Labute approximate surface area is 137 Å². The lowest BCUT2D eigenvalue weighted by Crippen LogP contribution is -2.32. The van der Waals surface area contributed by atoms with Crippen LogP contribution in [0.1, 0.15) is 18.3 Å². The lowest BCUT2D eigenvalue weighted by Gasteiger charge is -2.17. The minimum atomic E-state index is -4.64. The number of benzene rings is 1. The Morgan fingerprint density at radius 3 is 2.46 bits per heavy atom. The highest BCUT2D eigenvalue weighted by Gasteiger charge is 2.32. The third-order valence-corrected chi connectivity index (χ3v) is 4.79. The SMILES string of the molecule is CCN(C)S(=O)(=O)Nc1cc(-c2n[nH]c(C)n2)cc(C(F)(F)F)c1. The number of alkyl halides is 3. The van der Waals surface area contributed by atoms with Crippen LogP contribution in [0.15, 0.2) is 18.2 Å². The topological polar surface area (TPSA) is 91.0 Å². The highest BCUT2D eigenvalue weighted by molar-refractivity contribution is 7.90. The first-order valence-corrected chi connectivity index (χ1v) is 8.32. The predicted octanol–water partition coefficient (Wildman–Crippen LogP) is 2.41. The summed E-state index contributed by atoms with van der Waals surface area (Å²) in [5, 5.41) is 6.34. The molecule has 2 rings (SSSR count). The van der Waals surface area contributed by atoms with Crippen molar-refractivity contribution >= 4 is 15.9 Å². The van der Waals surface area contributed by atoms with Crippen LogP contribution >= 0.6 is 0 Å². The summed E-state index contributed by atoms with van der Waals surface area (Å²) in [4.78, 5) is 3.97. The number of anilines is 1. The third kappa shape index (κ3) is 4.03. The number of hydrogen-bond acceptors (Lipinski definition) is 4. The lowest BCUT2D eigenvalue weighted by molar-refractivity contribution is -0.137. The van der Waals surface area contributed by atoms with Crippen LogP contribution in [0.25, 0.3) is 11.4 Å². The number of aryl methyl sites for hydroxylation is 1. The molecule has 0 bridgehead atoms. The van der Waals surface area contributed by atoms with Crippen LogP contribution in [-0.4, -0.2) is 41.5 Å². The highest BCUT2D eigenvalue weighted by Crippen LogP contribution is 2.34. The zero-order valence-electron chi connectivity index (χ0n) is 13.1. The van der Waals surface area contributed by atoms with Crippen molar-refractivity contribution in [2.45, 2.75) is 20.0 Å². The van der Waals surface area contributed by atoms with Gasteiger partial charge in [-0.05, 0) is 25.1 Å². The van der Waals surface area contributed by atoms with Crippen LogP contribution in [0.5, 0.6) is 0 Å². The molecule has 0 saturated carbocycles. The monoisotopic (exact) mass is 363 g/mol. The van der Waals surface area contributed by atoms with E-state index in [1.807, 2.05) is 0 Å². The second-order valence-corrected chi connectivity index (χ2v) is 6.84. The van der Waals surface area contributed by atoms with E-state index in [-0.39, 0.29) is 23.6 Å². The Morgan fingerprint density at radius 2 is 1.96 bits per heavy atom. The van der Waals surface area contributed by atoms with Crippen molar-refractivity contribution in [2.24, 2.45) is 0 Å². The maximum Gasteiger partial charge on any atom is 0.416 e. The van der Waals surface area contributed by atoms with Crippen LogP contribution in [-0.2, 0) is 16.4 Å². The van der Waals surface area contributed by atoms with Gasteiger partial charge in [0.1, 0.15) is 5.82 Å². The predicted molar refractivity (Wildman–Crippen MR) is 82.4 cm³/mol. The molecule has 2 aromatic rings. The van der Waals surface area contributed by atoms with Gasteiger partial charge in [0.25, 0.3) is 0 Å². The number of nitrogens with zero attached hydrogens (tertiary/aromatic N) is 3. The van der Waals surface area contributed by atoms with E-state index in [9.17, 15) is 21.6 Å². The van der Waals surface area contributed by atoms with E-state index in [2.05, 4.69) is 19.9 Å². The number of rotatable bonds is 5. The van der Waals surface area contributed by atoms with E-state index in [1.54, 1.807) is 13.8 Å². The van der Waals surface area contributed by atoms with Crippen molar-refractivity contribution in [2.75, 3.05) is 18.3 Å². The van der Waals surface area contributed by atoms with Gasteiger partial charge in [-0.15, -0.1) is 0 Å². The highest BCUT2D eigenvalue weighted by atomic mass is 32.2. The molecule has 132 valence electrons. The molecule has 0 fully saturated rings. The van der Waals surface area contributed by atoms with Crippen molar-refractivity contribution in [3.05, 3.63) is 29.6 Å². The normalized spacial score (nSPS) is 12.6. The largest absolute Gasteiger partial charge is 0.416 e. The summed E-state index contributed by atoms with van der Waals surface area (Å²) >= 11 is 0. The molecule has 0 saturated heterocycles. The average Bonchev–Trinajstić information content (AvgIpc) is 2.91. The molecule has 0 atom stereocenters. The van der Waals surface area contributed by atoms with E-state index in [1.165, 1.54) is 13.1 Å². The minimum absolute atomic E-state index is 0.0443. The van der Waals surface area contributed by atoms with Crippen molar-refractivity contribution < 1.29 is 21.6 Å². The van der Waals surface area contributed by atoms with Crippen molar-refractivity contribution in [1.29, 1.82) is 0 Å². The Kier molecular flexibility index (Phi) is 4.85. The van der Waals surface area contributed by atoms with Crippen LogP contribution in [0.4, 0.5) is 18.9 Å². The Hall–Kier alpha value is -2.14. The van der Waals surface area contributed by atoms with Gasteiger partial charge in [-0.1, -0.05) is 6.92 Å². The fourth-order valence-electron chi connectivity index (χ4n) is 1.85. The quantitative estimate of drug-likeness (QED) is 0.853. The van der Waals surface area contributed by atoms with E-state index >= 15 is 0 Å². The smallest absolute Gasteiger partial charge is 0.271 e. The van der Waals surface area contributed by atoms with E-state index in [0.717, 1.165) is 16.4 Å². The molecule has 0 spiro atoms. The summed E-state index contributed by atoms with van der Waals surface area (Å²) in [6.07, 6.45) is -4.64. The fraction of sp³-hybridized carbons (Fsp3) is 0.385. The average molecular weight is 363 g/mol. The van der Waals surface area contributed by atoms with Gasteiger partial charge >= 0.3 is 16.4 Å². The molecule has 0 aliphatic rings. The summed E-state index contributed by atoms with van der Waals surface area (Å²) in [7, 11) is -2.64. The van der Waals surface area contributed by atoms with Crippen LogP contribution in [0.2, 0.25) is 0 Å². The second kappa shape index (κ2) is 6.40.